The molecule has 4 bridgehead atoms. The summed E-state index contributed by atoms with van der Waals surface area (Å²) in [7, 11) is -2.54. The van der Waals surface area contributed by atoms with Crippen LogP contribution in [0.4, 0.5) is 5.95 Å². The average Bonchev–Trinajstić information content (AvgIpc) is 2.91. The lowest BCUT2D eigenvalue weighted by atomic mass is 9.94. The number of aromatic nitrogens is 2. The number of anilines is 1. The van der Waals surface area contributed by atoms with Crippen LogP contribution in [0.15, 0.2) is 71.6 Å². The number of rotatable bonds is 3. The number of benzene rings is 3. The second kappa shape index (κ2) is 10.4. The van der Waals surface area contributed by atoms with Gasteiger partial charge in [0, 0.05) is 11.1 Å². The van der Waals surface area contributed by atoms with Gasteiger partial charge in [0.05, 0.1) is 29.8 Å². The van der Waals surface area contributed by atoms with E-state index in [1.165, 1.54) is 18.2 Å². The summed E-state index contributed by atoms with van der Waals surface area (Å²) in [6.07, 6.45) is -0.500. The van der Waals surface area contributed by atoms with Gasteiger partial charge in [-0.05, 0) is 67.8 Å². The smallest absolute Gasteiger partial charge is 0.264 e. The van der Waals surface area contributed by atoms with Gasteiger partial charge in [0.1, 0.15) is 11.9 Å². The van der Waals surface area contributed by atoms with E-state index in [-0.39, 0.29) is 28.8 Å². The lowest BCUT2D eigenvalue weighted by Crippen LogP contribution is -2.33. The standard InChI is InChI=1S/C29H28N4O5S/c1-17-7-5-8-18(2)24(17)26-25(20-11-13-22(37-4)14-12-20)28-32-29(31-26)33-39(35,36)23-10-6-9-21(15-23)27(34)30-16-19(3)38-28/h5-15,19H,16H2,1-4H3,(H,30,34)(H,31,32,33)/t19-/m1/s1. The zero-order chi connectivity index (χ0) is 27.7. The lowest BCUT2D eigenvalue weighted by molar-refractivity contribution is 0.0931. The van der Waals surface area contributed by atoms with Crippen LogP contribution in [0.5, 0.6) is 11.6 Å². The molecule has 2 heterocycles. The van der Waals surface area contributed by atoms with Crippen molar-refractivity contribution in [3.63, 3.8) is 0 Å². The van der Waals surface area contributed by atoms with Crippen LogP contribution < -0.4 is 19.5 Å². The van der Waals surface area contributed by atoms with Crippen LogP contribution in [-0.2, 0) is 10.0 Å². The maximum absolute atomic E-state index is 13.4. The third kappa shape index (κ3) is 5.28. The van der Waals surface area contributed by atoms with Crippen LogP contribution >= 0.6 is 0 Å². The molecule has 0 saturated heterocycles. The minimum Gasteiger partial charge on any atom is -0.497 e. The molecule has 39 heavy (non-hydrogen) atoms. The predicted molar refractivity (Wildman–Crippen MR) is 149 cm³/mol. The van der Waals surface area contributed by atoms with Crippen molar-refractivity contribution in [1.82, 2.24) is 15.3 Å². The number of fused-ring (bicyclic) bond motifs is 4. The second-order valence-electron chi connectivity index (χ2n) is 9.34. The number of ether oxygens (including phenoxy) is 2. The third-order valence-corrected chi connectivity index (χ3v) is 7.79. The van der Waals surface area contributed by atoms with Crippen molar-refractivity contribution in [2.75, 3.05) is 18.4 Å². The van der Waals surface area contributed by atoms with Gasteiger partial charge in [-0.25, -0.2) is 18.1 Å². The molecule has 1 aliphatic rings. The fourth-order valence-corrected chi connectivity index (χ4v) is 5.50. The molecular formula is C29H28N4O5S. The molecule has 1 amide bonds. The number of nitrogens with one attached hydrogen (secondary N) is 2. The SMILES string of the molecule is COc1ccc(-c2c3nc(nc2-c2c(C)cccc2C)NS(=O)(=O)c2cccc(c2)C(=O)NC[C@@H](C)O3)cc1. The molecule has 10 heteroatoms. The topological polar surface area (TPSA) is 120 Å². The van der Waals surface area contributed by atoms with E-state index >= 15 is 0 Å². The monoisotopic (exact) mass is 544 g/mol. The lowest BCUT2D eigenvalue weighted by Gasteiger charge is -2.21. The van der Waals surface area contributed by atoms with Gasteiger partial charge >= 0.3 is 0 Å². The van der Waals surface area contributed by atoms with E-state index in [1.54, 1.807) is 20.1 Å². The Morgan fingerprint density at radius 2 is 1.62 bits per heavy atom. The van der Waals surface area contributed by atoms with Crippen molar-refractivity contribution in [3.05, 3.63) is 83.4 Å². The molecule has 3 aromatic carbocycles. The number of carbonyl (C=O) groups is 1. The van der Waals surface area contributed by atoms with E-state index < -0.39 is 22.0 Å². The Morgan fingerprint density at radius 1 is 0.923 bits per heavy atom. The van der Waals surface area contributed by atoms with E-state index in [4.69, 9.17) is 14.5 Å². The highest BCUT2D eigenvalue weighted by Crippen LogP contribution is 2.41. The molecule has 4 aromatic rings. The fraction of sp³-hybridized carbons (Fsp3) is 0.207. The summed E-state index contributed by atoms with van der Waals surface area (Å²) in [5.74, 6) is 0.303. The average molecular weight is 545 g/mol. The Labute approximate surface area is 227 Å². The number of hydrogen-bond donors (Lipinski definition) is 2. The second-order valence-corrected chi connectivity index (χ2v) is 11.0. The zero-order valence-corrected chi connectivity index (χ0v) is 22.8. The van der Waals surface area contributed by atoms with Gasteiger partial charge in [0.2, 0.25) is 11.8 Å². The van der Waals surface area contributed by atoms with Gasteiger partial charge in [-0.15, -0.1) is 0 Å². The number of methoxy groups -OCH3 is 1. The predicted octanol–water partition coefficient (Wildman–Crippen LogP) is 4.75. The first-order valence-electron chi connectivity index (χ1n) is 12.4. The van der Waals surface area contributed by atoms with E-state index in [2.05, 4.69) is 15.0 Å². The van der Waals surface area contributed by atoms with Gasteiger partial charge in [0.15, 0.2) is 0 Å². The highest BCUT2D eigenvalue weighted by molar-refractivity contribution is 7.92. The van der Waals surface area contributed by atoms with Gasteiger partial charge in [-0.3, -0.25) is 4.79 Å². The highest BCUT2D eigenvalue weighted by Gasteiger charge is 2.26. The van der Waals surface area contributed by atoms with Gasteiger partial charge in [-0.2, -0.15) is 4.98 Å². The Kier molecular flexibility index (Phi) is 6.96. The quantitative estimate of drug-likeness (QED) is 0.382. The van der Waals surface area contributed by atoms with Crippen molar-refractivity contribution in [3.8, 4) is 34.0 Å². The molecule has 1 atom stereocenters. The normalized spacial score (nSPS) is 16.4. The molecule has 0 radical (unpaired) electrons. The summed E-state index contributed by atoms with van der Waals surface area (Å²) in [5, 5.41) is 2.81. The van der Waals surface area contributed by atoms with Crippen molar-refractivity contribution in [2.45, 2.75) is 31.8 Å². The van der Waals surface area contributed by atoms with Crippen LogP contribution in [0.3, 0.4) is 0 Å². The summed E-state index contributed by atoms with van der Waals surface area (Å²) in [6, 6.07) is 19.1. The maximum Gasteiger partial charge on any atom is 0.264 e. The summed E-state index contributed by atoms with van der Waals surface area (Å²) in [5.41, 5.74) is 4.81. The van der Waals surface area contributed by atoms with Crippen molar-refractivity contribution in [1.29, 1.82) is 0 Å². The zero-order valence-electron chi connectivity index (χ0n) is 22.0. The van der Waals surface area contributed by atoms with Crippen molar-refractivity contribution in [2.24, 2.45) is 0 Å². The summed E-state index contributed by atoms with van der Waals surface area (Å²) < 4.78 is 40.9. The van der Waals surface area contributed by atoms with E-state index in [0.29, 0.717) is 17.0 Å². The third-order valence-electron chi connectivity index (χ3n) is 6.47. The minimum absolute atomic E-state index is 0.0821. The molecule has 1 aromatic heterocycles. The number of sulfonamides is 1. The molecular weight excluding hydrogens is 516 g/mol. The molecule has 9 nitrogen and oxygen atoms in total. The molecule has 0 saturated carbocycles. The van der Waals surface area contributed by atoms with Crippen LogP contribution in [-0.4, -0.2) is 44.1 Å². The largest absolute Gasteiger partial charge is 0.497 e. The number of carbonyl (C=O) groups excluding carboxylic acids is 1. The van der Waals surface area contributed by atoms with Crippen LogP contribution in [0.25, 0.3) is 22.4 Å². The van der Waals surface area contributed by atoms with Crippen LogP contribution in [0, 0.1) is 13.8 Å². The number of amides is 1. The van der Waals surface area contributed by atoms with Gasteiger partial charge in [0.25, 0.3) is 15.9 Å². The Hall–Kier alpha value is -4.44. The van der Waals surface area contributed by atoms with E-state index in [0.717, 1.165) is 22.3 Å². The van der Waals surface area contributed by atoms with Gasteiger partial charge < -0.3 is 14.8 Å². The van der Waals surface area contributed by atoms with E-state index in [9.17, 15) is 13.2 Å². The maximum atomic E-state index is 13.4. The molecule has 0 aliphatic carbocycles. The Morgan fingerprint density at radius 3 is 2.31 bits per heavy atom. The number of hydrogen-bond acceptors (Lipinski definition) is 7. The molecule has 200 valence electrons. The minimum atomic E-state index is -4.13. The number of aryl methyl sites for hydroxylation is 2. The molecule has 5 rings (SSSR count). The van der Waals surface area contributed by atoms with E-state index in [1.807, 2.05) is 56.3 Å². The van der Waals surface area contributed by atoms with Gasteiger partial charge in [-0.1, -0.05) is 36.4 Å². The molecule has 2 N–H and O–H groups in total. The molecule has 0 unspecified atom stereocenters. The first-order chi connectivity index (χ1) is 18.7. The summed E-state index contributed by atoms with van der Waals surface area (Å²) in [4.78, 5) is 22.0. The van der Waals surface area contributed by atoms with Crippen molar-refractivity contribution < 1.29 is 22.7 Å². The number of nitrogens with zero attached hydrogens (tertiary/aromatic N) is 2. The molecule has 0 fully saturated rings. The van der Waals surface area contributed by atoms with Crippen LogP contribution in [0.2, 0.25) is 0 Å². The van der Waals surface area contributed by atoms with Crippen LogP contribution in [0.1, 0.15) is 28.4 Å². The van der Waals surface area contributed by atoms with Crippen molar-refractivity contribution >= 4 is 21.9 Å². The summed E-state index contributed by atoms with van der Waals surface area (Å²) >= 11 is 0. The first kappa shape index (κ1) is 26.2. The Balaban J connectivity index is 1.79. The first-order valence-corrected chi connectivity index (χ1v) is 13.9. The fourth-order valence-electron chi connectivity index (χ4n) is 4.51. The molecule has 1 aliphatic heterocycles. The highest BCUT2D eigenvalue weighted by atomic mass is 32.2. The molecule has 0 spiro atoms. The Bertz CT molecular complexity index is 1650. The summed E-state index contributed by atoms with van der Waals surface area (Å²) in [6.45, 7) is 5.92.